The maximum absolute atomic E-state index is 12.2. The second kappa shape index (κ2) is 6.02. The van der Waals surface area contributed by atoms with Gasteiger partial charge in [-0.1, -0.05) is 12.1 Å². The van der Waals surface area contributed by atoms with E-state index in [0.29, 0.717) is 24.3 Å². The van der Waals surface area contributed by atoms with Gasteiger partial charge in [0.05, 0.1) is 17.2 Å². The fourth-order valence-corrected chi connectivity index (χ4v) is 2.70. The van der Waals surface area contributed by atoms with Crippen LogP contribution in [0.4, 0.5) is 19.0 Å². The van der Waals surface area contributed by atoms with E-state index in [1.54, 1.807) is 17.2 Å². The van der Waals surface area contributed by atoms with Gasteiger partial charge in [-0.25, -0.2) is 4.98 Å². The van der Waals surface area contributed by atoms with Crippen LogP contribution in [-0.2, 0) is 4.79 Å². The number of amides is 1. The van der Waals surface area contributed by atoms with Gasteiger partial charge >= 0.3 is 6.18 Å². The minimum absolute atomic E-state index is 0.498. The number of anilines is 1. The van der Waals surface area contributed by atoms with E-state index in [9.17, 15) is 18.0 Å². The average molecular weight is 324 g/mol. The van der Waals surface area contributed by atoms with E-state index in [1.807, 2.05) is 23.5 Å². The van der Waals surface area contributed by atoms with Gasteiger partial charge in [0, 0.05) is 6.54 Å². The van der Waals surface area contributed by atoms with Crippen LogP contribution in [0.2, 0.25) is 0 Å². The summed E-state index contributed by atoms with van der Waals surface area (Å²) in [5, 5.41) is 1.95. The van der Waals surface area contributed by atoms with Crippen molar-refractivity contribution in [3.05, 3.63) is 30.5 Å². The smallest absolute Gasteiger partial charge is 0.345 e. The number of benzene rings is 1. The largest absolute Gasteiger partial charge is 0.405 e. The van der Waals surface area contributed by atoms with Crippen molar-refractivity contribution in [3.63, 3.8) is 0 Å². The van der Waals surface area contributed by atoms with Crippen LogP contribution >= 0.6 is 0 Å². The van der Waals surface area contributed by atoms with Crippen molar-refractivity contribution >= 4 is 22.8 Å². The van der Waals surface area contributed by atoms with Gasteiger partial charge in [0.2, 0.25) is 5.91 Å². The van der Waals surface area contributed by atoms with Crippen molar-refractivity contribution in [2.75, 3.05) is 18.0 Å². The maximum atomic E-state index is 12.2. The lowest BCUT2D eigenvalue weighted by molar-refractivity contribution is -0.139. The molecule has 1 fully saturated rings. The Kier molecular flexibility index (Phi) is 4.06. The molecule has 8 heteroatoms. The fraction of sp³-hybridized carbons (Fsp3) is 0.400. The lowest BCUT2D eigenvalue weighted by atomic mass is 10.2. The van der Waals surface area contributed by atoms with Gasteiger partial charge in [-0.2, -0.15) is 13.2 Å². The molecule has 1 amide bonds. The third-order valence-electron chi connectivity index (χ3n) is 3.75. The molecule has 2 heterocycles. The van der Waals surface area contributed by atoms with Crippen LogP contribution in [0.5, 0.6) is 0 Å². The van der Waals surface area contributed by atoms with Gasteiger partial charge < -0.3 is 10.2 Å². The highest BCUT2D eigenvalue weighted by molar-refractivity contribution is 5.86. The van der Waals surface area contributed by atoms with Crippen LogP contribution < -0.4 is 10.2 Å². The SMILES string of the molecule is O=C(NCC(F)(F)F)C1CCCN1c1cnc2ccccc2n1. The Morgan fingerprint density at radius 1 is 1.30 bits per heavy atom. The Labute approximate surface area is 130 Å². The number of fused-ring (bicyclic) bond motifs is 1. The molecule has 23 heavy (non-hydrogen) atoms. The number of halogens is 3. The number of aromatic nitrogens is 2. The first kappa shape index (κ1) is 15.5. The predicted octanol–water partition coefficient (Wildman–Crippen LogP) is 2.28. The topological polar surface area (TPSA) is 58.1 Å². The molecule has 0 saturated carbocycles. The Bertz CT molecular complexity index is 719. The summed E-state index contributed by atoms with van der Waals surface area (Å²) in [6.45, 7) is -0.753. The Balaban J connectivity index is 1.78. The van der Waals surface area contributed by atoms with E-state index >= 15 is 0 Å². The molecule has 1 atom stereocenters. The molecule has 1 N–H and O–H groups in total. The molecule has 0 radical (unpaired) electrons. The molecular formula is C15H15F3N4O. The summed E-state index contributed by atoms with van der Waals surface area (Å²) in [5.74, 6) is -0.122. The summed E-state index contributed by atoms with van der Waals surface area (Å²) in [4.78, 5) is 22.5. The Morgan fingerprint density at radius 2 is 2.04 bits per heavy atom. The summed E-state index contributed by atoms with van der Waals surface area (Å²) >= 11 is 0. The number of carbonyl (C=O) groups is 1. The van der Waals surface area contributed by atoms with Crippen molar-refractivity contribution in [2.24, 2.45) is 0 Å². The van der Waals surface area contributed by atoms with E-state index in [4.69, 9.17) is 0 Å². The van der Waals surface area contributed by atoms with Crippen LogP contribution in [0, 0.1) is 0 Å². The molecule has 5 nitrogen and oxygen atoms in total. The number of rotatable bonds is 3. The quantitative estimate of drug-likeness (QED) is 0.941. The monoisotopic (exact) mass is 324 g/mol. The zero-order valence-corrected chi connectivity index (χ0v) is 12.2. The maximum Gasteiger partial charge on any atom is 0.405 e. The van der Waals surface area contributed by atoms with Crippen LogP contribution in [0.3, 0.4) is 0 Å². The van der Waals surface area contributed by atoms with Crippen molar-refractivity contribution in [1.82, 2.24) is 15.3 Å². The summed E-state index contributed by atoms with van der Waals surface area (Å²) in [5.41, 5.74) is 1.42. The number of hydrogen-bond donors (Lipinski definition) is 1. The van der Waals surface area contributed by atoms with E-state index in [-0.39, 0.29) is 0 Å². The van der Waals surface area contributed by atoms with Crippen LogP contribution in [0.15, 0.2) is 30.5 Å². The first-order valence-corrected chi connectivity index (χ1v) is 7.27. The van der Waals surface area contributed by atoms with Gasteiger partial charge in [0.1, 0.15) is 18.4 Å². The molecule has 2 aromatic rings. The lowest BCUT2D eigenvalue weighted by Gasteiger charge is -2.25. The zero-order valence-electron chi connectivity index (χ0n) is 12.2. The van der Waals surface area contributed by atoms with Gasteiger partial charge in [-0.15, -0.1) is 0 Å². The highest BCUT2D eigenvalue weighted by Gasteiger charge is 2.34. The second-order valence-corrected chi connectivity index (χ2v) is 5.40. The molecule has 1 aliphatic heterocycles. The van der Waals surface area contributed by atoms with Crippen LogP contribution in [-0.4, -0.2) is 41.2 Å². The fourth-order valence-electron chi connectivity index (χ4n) is 2.70. The summed E-state index contributed by atoms with van der Waals surface area (Å²) in [6.07, 6.45) is -1.64. The molecule has 1 saturated heterocycles. The van der Waals surface area contributed by atoms with Crippen LogP contribution in [0.25, 0.3) is 11.0 Å². The Morgan fingerprint density at radius 3 is 2.78 bits per heavy atom. The molecule has 1 aromatic heterocycles. The highest BCUT2D eigenvalue weighted by atomic mass is 19.4. The Hall–Kier alpha value is -2.38. The number of hydrogen-bond acceptors (Lipinski definition) is 4. The highest BCUT2D eigenvalue weighted by Crippen LogP contribution is 2.25. The van der Waals surface area contributed by atoms with Crippen molar-refractivity contribution < 1.29 is 18.0 Å². The number of nitrogens with zero attached hydrogens (tertiary/aromatic N) is 3. The molecular weight excluding hydrogens is 309 g/mol. The molecule has 1 unspecified atom stereocenters. The molecule has 3 rings (SSSR count). The molecule has 122 valence electrons. The third kappa shape index (κ3) is 3.52. The molecule has 1 aliphatic rings. The van der Waals surface area contributed by atoms with Gasteiger partial charge in [-0.05, 0) is 25.0 Å². The van der Waals surface area contributed by atoms with E-state index in [0.717, 1.165) is 11.9 Å². The van der Waals surface area contributed by atoms with E-state index < -0.39 is 24.7 Å². The summed E-state index contributed by atoms with van der Waals surface area (Å²) in [7, 11) is 0. The van der Waals surface area contributed by atoms with E-state index in [2.05, 4.69) is 9.97 Å². The van der Waals surface area contributed by atoms with E-state index in [1.165, 1.54) is 0 Å². The van der Waals surface area contributed by atoms with Gasteiger partial charge in [-0.3, -0.25) is 9.78 Å². The standard InChI is InChI=1S/C15H15F3N4O/c16-15(17,18)9-20-14(23)12-6-3-7-22(12)13-8-19-10-4-1-2-5-11(10)21-13/h1-2,4-5,8,12H,3,6-7,9H2,(H,20,23). The number of alkyl halides is 3. The van der Waals surface area contributed by atoms with Crippen molar-refractivity contribution in [3.8, 4) is 0 Å². The van der Waals surface area contributed by atoms with Crippen molar-refractivity contribution in [1.29, 1.82) is 0 Å². The van der Waals surface area contributed by atoms with Gasteiger partial charge in [0.15, 0.2) is 0 Å². The molecule has 1 aromatic carbocycles. The first-order valence-electron chi connectivity index (χ1n) is 7.27. The molecule has 0 bridgehead atoms. The number of carbonyl (C=O) groups excluding carboxylic acids is 1. The average Bonchev–Trinajstić information content (AvgIpc) is 3.01. The number of para-hydroxylation sites is 2. The predicted molar refractivity (Wildman–Crippen MR) is 79.0 cm³/mol. The molecule has 0 aliphatic carbocycles. The lowest BCUT2D eigenvalue weighted by Crippen LogP contribution is -2.46. The van der Waals surface area contributed by atoms with Crippen LogP contribution in [0.1, 0.15) is 12.8 Å². The normalized spacial score (nSPS) is 18.4. The summed E-state index contributed by atoms with van der Waals surface area (Å²) < 4.78 is 36.7. The minimum Gasteiger partial charge on any atom is -0.345 e. The second-order valence-electron chi connectivity index (χ2n) is 5.40. The first-order chi connectivity index (χ1) is 10.9. The van der Waals surface area contributed by atoms with Crippen molar-refractivity contribution in [2.45, 2.75) is 25.1 Å². The third-order valence-corrected chi connectivity index (χ3v) is 3.75. The minimum atomic E-state index is -4.41. The van der Waals surface area contributed by atoms with Gasteiger partial charge in [0.25, 0.3) is 0 Å². The summed E-state index contributed by atoms with van der Waals surface area (Å²) in [6, 6.07) is 6.66. The number of nitrogens with one attached hydrogen (secondary N) is 1. The molecule has 0 spiro atoms. The zero-order chi connectivity index (χ0) is 16.4.